The van der Waals surface area contributed by atoms with E-state index in [9.17, 15) is 14.7 Å². The normalized spacial score (nSPS) is 20.6. The van der Waals surface area contributed by atoms with Crippen molar-refractivity contribution in [2.45, 2.75) is 32.9 Å². The molecule has 0 aliphatic carbocycles. The highest BCUT2D eigenvalue weighted by atomic mass is 35.5. The average molecular weight is 499 g/mol. The van der Waals surface area contributed by atoms with Crippen molar-refractivity contribution in [2.24, 2.45) is 0 Å². The van der Waals surface area contributed by atoms with Crippen molar-refractivity contribution in [3.05, 3.63) is 69.8 Å². The van der Waals surface area contributed by atoms with Gasteiger partial charge in [0.2, 0.25) is 0 Å². The molecule has 2 aliphatic heterocycles. The summed E-state index contributed by atoms with van der Waals surface area (Å²) < 4.78 is 11.2. The fourth-order valence-corrected chi connectivity index (χ4v) is 4.64. The van der Waals surface area contributed by atoms with Crippen molar-refractivity contribution in [2.75, 3.05) is 39.4 Å². The number of halogens is 1. The Morgan fingerprint density at radius 2 is 1.80 bits per heavy atom. The molecule has 0 radical (unpaired) electrons. The van der Waals surface area contributed by atoms with Gasteiger partial charge in [-0.25, -0.2) is 0 Å². The van der Waals surface area contributed by atoms with Crippen molar-refractivity contribution in [3.63, 3.8) is 0 Å². The Morgan fingerprint density at radius 1 is 1.11 bits per heavy atom. The molecule has 2 aromatic rings. The van der Waals surface area contributed by atoms with Crippen LogP contribution in [-0.2, 0) is 14.3 Å². The molecule has 1 amide bonds. The van der Waals surface area contributed by atoms with Crippen molar-refractivity contribution in [1.29, 1.82) is 0 Å². The third-order valence-corrected chi connectivity index (χ3v) is 6.55. The van der Waals surface area contributed by atoms with E-state index in [1.165, 1.54) is 0 Å². The first-order valence-corrected chi connectivity index (χ1v) is 12.3. The minimum absolute atomic E-state index is 0.00911. The number of likely N-dealkylation sites (tertiary alicyclic amines) is 1. The number of hydrogen-bond donors (Lipinski definition) is 1. The summed E-state index contributed by atoms with van der Waals surface area (Å²) in [6.45, 7) is 9.58. The van der Waals surface area contributed by atoms with Gasteiger partial charge in [0.05, 0.1) is 30.9 Å². The summed E-state index contributed by atoms with van der Waals surface area (Å²) in [5.41, 5.74) is 2.08. The summed E-state index contributed by atoms with van der Waals surface area (Å²) in [5, 5.41) is 11.9. The first-order chi connectivity index (χ1) is 16.8. The number of Topliss-reactive ketones (excluding diaryl/α,β-unsaturated/α-hetero) is 1. The molecule has 1 atom stereocenters. The Kier molecular flexibility index (Phi) is 7.79. The first kappa shape index (κ1) is 25.2. The monoisotopic (exact) mass is 498 g/mol. The quantitative estimate of drug-likeness (QED) is 0.350. The zero-order chi connectivity index (χ0) is 25.1. The standard InChI is InChI=1S/C27H31ClN2O5/c1-17(2)35-22-9-6-20(16-18(22)3)25(31)23-24(19-4-7-21(28)8-5-19)30(27(33)26(23)32)11-10-29-12-14-34-15-13-29/h4-9,16-17,24,31H,10-15H2,1-3H3/b25-23+/t24-/m1/s1. The van der Waals surface area contributed by atoms with Gasteiger partial charge in [-0.1, -0.05) is 23.7 Å². The van der Waals surface area contributed by atoms with E-state index in [0.29, 0.717) is 48.2 Å². The Bertz CT molecular complexity index is 1120. The average Bonchev–Trinajstić information content (AvgIpc) is 3.09. The third-order valence-electron chi connectivity index (χ3n) is 6.30. The van der Waals surface area contributed by atoms with E-state index in [0.717, 1.165) is 18.7 Å². The Balaban J connectivity index is 1.72. The highest BCUT2D eigenvalue weighted by Gasteiger charge is 2.46. The Morgan fingerprint density at radius 3 is 2.43 bits per heavy atom. The zero-order valence-electron chi connectivity index (χ0n) is 20.3. The number of morpholine rings is 1. The molecule has 2 heterocycles. The van der Waals surface area contributed by atoms with Crippen molar-refractivity contribution in [1.82, 2.24) is 9.80 Å². The van der Waals surface area contributed by atoms with Crippen LogP contribution in [0.15, 0.2) is 48.0 Å². The number of aliphatic hydroxyl groups is 1. The predicted molar refractivity (Wildman–Crippen MR) is 135 cm³/mol. The number of benzene rings is 2. The number of amides is 1. The van der Waals surface area contributed by atoms with Crippen LogP contribution in [0.4, 0.5) is 0 Å². The molecule has 0 aromatic heterocycles. The minimum Gasteiger partial charge on any atom is -0.507 e. The largest absolute Gasteiger partial charge is 0.507 e. The third kappa shape index (κ3) is 5.53. The van der Waals surface area contributed by atoms with Gasteiger partial charge in [0.15, 0.2) is 0 Å². The van der Waals surface area contributed by atoms with E-state index < -0.39 is 17.7 Å². The molecule has 0 unspecified atom stereocenters. The van der Waals surface area contributed by atoms with E-state index >= 15 is 0 Å². The highest BCUT2D eigenvalue weighted by molar-refractivity contribution is 6.46. The summed E-state index contributed by atoms with van der Waals surface area (Å²) in [7, 11) is 0. The molecule has 2 saturated heterocycles. The molecule has 1 N–H and O–H groups in total. The van der Waals surface area contributed by atoms with E-state index in [-0.39, 0.29) is 17.4 Å². The lowest BCUT2D eigenvalue weighted by Crippen LogP contribution is -2.42. The minimum atomic E-state index is -0.708. The van der Waals surface area contributed by atoms with Gasteiger partial charge < -0.3 is 19.5 Å². The SMILES string of the molecule is Cc1cc(/C(O)=C2\C(=O)C(=O)N(CCN3CCOCC3)[C@@H]2c2ccc(Cl)cc2)ccc1OC(C)C. The van der Waals surface area contributed by atoms with Crippen molar-refractivity contribution < 1.29 is 24.2 Å². The van der Waals surface area contributed by atoms with E-state index in [1.54, 1.807) is 47.4 Å². The molecular weight excluding hydrogens is 468 g/mol. The fraction of sp³-hybridized carbons (Fsp3) is 0.407. The predicted octanol–water partition coefficient (Wildman–Crippen LogP) is 4.19. The Labute approximate surface area is 210 Å². The molecule has 0 spiro atoms. The number of carbonyl (C=O) groups is 2. The number of ether oxygens (including phenoxy) is 2. The molecule has 4 rings (SSSR count). The lowest BCUT2D eigenvalue weighted by Gasteiger charge is -2.31. The molecule has 7 nitrogen and oxygen atoms in total. The van der Waals surface area contributed by atoms with Crippen LogP contribution in [0.25, 0.3) is 5.76 Å². The molecule has 2 aliphatic rings. The summed E-state index contributed by atoms with van der Waals surface area (Å²) in [5.74, 6) is -0.797. The van der Waals surface area contributed by atoms with Crippen LogP contribution in [0.1, 0.15) is 36.6 Å². The fourth-order valence-electron chi connectivity index (χ4n) is 4.51. The van der Waals surface area contributed by atoms with Gasteiger partial charge in [-0.2, -0.15) is 0 Å². The second-order valence-electron chi connectivity index (χ2n) is 9.14. The number of aliphatic hydroxyl groups excluding tert-OH is 1. The van der Waals surface area contributed by atoms with Crippen LogP contribution in [0.2, 0.25) is 5.02 Å². The molecule has 0 saturated carbocycles. The lowest BCUT2D eigenvalue weighted by molar-refractivity contribution is -0.140. The maximum atomic E-state index is 13.2. The van der Waals surface area contributed by atoms with Gasteiger partial charge in [0.1, 0.15) is 11.5 Å². The van der Waals surface area contributed by atoms with Crippen LogP contribution >= 0.6 is 11.6 Å². The van der Waals surface area contributed by atoms with Crippen LogP contribution < -0.4 is 4.74 Å². The number of ketones is 1. The van der Waals surface area contributed by atoms with Crippen LogP contribution in [0.3, 0.4) is 0 Å². The van der Waals surface area contributed by atoms with Gasteiger partial charge in [-0.05, 0) is 62.2 Å². The number of hydrogen-bond acceptors (Lipinski definition) is 6. The van der Waals surface area contributed by atoms with Gasteiger partial charge in [-0.3, -0.25) is 14.5 Å². The highest BCUT2D eigenvalue weighted by Crippen LogP contribution is 2.40. The smallest absolute Gasteiger partial charge is 0.295 e. The summed E-state index contributed by atoms with van der Waals surface area (Å²) in [4.78, 5) is 30.2. The van der Waals surface area contributed by atoms with E-state index in [4.69, 9.17) is 21.1 Å². The second kappa shape index (κ2) is 10.8. The van der Waals surface area contributed by atoms with Gasteiger partial charge >= 0.3 is 0 Å². The topological polar surface area (TPSA) is 79.3 Å². The molecule has 186 valence electrons. The van der Waals surface area contributed by atoms with Gasteiger partial charge in [0, 0.05) is 36.8 Å². The number of rotatable bonds is 7. The zero-order valence-corrected chi connectivity index (χ0v) is 21.0. The maximum Gasteiger partial charge on any atom is 0.295 e. The number of nitrogens with zero attached hydrogens (tertiary/aromatic N) is 2. The number of carbonyl (C=O) groups excluding carboxylic acids is 2. The Hall–Kier alpha value is -2.87. The van der Waals surface area contributed by atoms with Crippen molar-refractivity contribution in [3.8, 4) is 5.75 Å². The molecule has 2 aromatic carbocycles. The second-order valence-corrected chi connectivity index (χ2v) is 9.58. The molecule has 2 fully saturated rings. The van der Waals surface area contributed by atoms with Crippen molar-refractivity contribution >= 4 is 29.1 Å². The molecule has 35 heavy (non-hydrogen) atoms. The molecule has 8 heteroatoms. The molecule has 0 bridgehead atoms. The van der Waals surface area contributed by atoms with Gasteiger partial charge in [0.25, 0.3) is 11.7 Å². The van der Waals surface area contributed by atoms with Gasteiger partial charge in [-0.15, -0.1) is 0 Å². The van der Waals surface area contributed by atoms with Crippen LogP contribution in [-0.4, -0.2) is 72.1 Å². The summed E-state index contributed by atoms with van der Waals surface area (Å²) >= 11 is 6.10. The van der Waals surface area contributed by atoms with Crippen LogP contribution in [0, 0.1) is 6.92 Å². The molecular formula is C27H31ClN2O5. The lowest BCUT2D eigenvalue weighted by atomic mass is 9.95. The first-order valence-electron chi connectivity index (χ1n) is 11.9. The summed E-state index contributed by atoms with van der Waals surface area (Å²) in [6, 6.07) is 11.6. The van der Waals surface area contributed by atoms with E-state index in [2.05, 4.69) is 4.90 Å². The van der Waals surface area contributed by atoms with Crippen LogP contribution in [0.5, 0.6) is 5.75 Å². The number of aryl methyl sites for hydroxylation is 1. The maximum absolute atomic E-state index is 13.2. The summed E-state index contributed by atoms with van der Waals surface area (Å²) in [6.07, 6.45) is 0.00911. The van der Waals surface area contributed by atoms with E-state index in [1.807, 2.05) is 20.8 Å².